The van der Waals surface area contributed by atoms with E-state index >= 15 is 0 Å². The molecular formula is C19H23F5O. The summed E-state index contributed by atoms with van der Waals surface area (Å²) in [7, 11) is 0. The van der Waals surface area contributed by atoms with Crippen LogP contribution in [0.4, 0.5) is 22.0 Å². The summed E-state index contributed by atoms with van der Waals surface area (Å²) in [4.78, 5) is 0. The highest BCUT2D eigenvalue weighted by Crippen LogP contribution is 2.40. The van der Waals surface area contributed by atoms with Gasteiger partial charge >= 0.3 is 6.18 Å². The zero-order valence-electron chi connectivity index (χ0n) is 14.4. The van der Waals surface area contributed by atoms with Gasteiger partial charge in [0.1, 0.15) is 17.9 Å². The zero-order chi connectivity index (χ0) is 18.9. The lowest BCUT2D eigenvalue weighted by molar-refractivity contribution is -0.139. The number of halogens is 5. The summed E-state index contributed by atoms with van der Waals surface area (Å²) < 4.78 is 69.9. The van der Waals surface area contributed by atoms with Crippen LogP contribution >= 0.6 is 0 Å². The van der Waals surface area contributed by atoms with Gasteiger partial charge in [-0.05, 0) is 62.8 Å². The van der Waals surface area contributed by atoms with Gasteiger partial charge in [-0.2, -0.15) is 13.2 Å². The minimum absolute atomic E-state index is 0.114. The minimum atomic E-state index is -4.55. The third kappa shape index (κ3) is 7.28. The Morgan fingerprint density at radius 2 is 1.84 bits per heavy atom. The first-order valence-electron chi connectivity index (χ1n) is 8.13. The predicted molar refractivity (Wildman–Crippen MR) is 89.2 cm³/mol. The second kappa shape index (κ2) is 10.2. The topological polar surface area (TPSA) is 9.23 Å². The molecule has 0 aromatic heterocycles. The second-order valence-corrected chi connectivity index (χ2v) is 5.66. The van der Waals surface area contributed by atoms with Crippen LogP contribution in [0.5, 0.6) is 5.75 Å². The highest BCUT2D eigenvalue weighted by molar-refractivity contribution is 5.46. The largest absolute Gasteiger partial charge is 0.489 e. The first-order valence-corrected chi connectivity index (χ1v) is 8.13. The van der Waals surface area contributed by atoms with E-state index in [2.05, 4.69) is 0 Å². The Kier molecular flexibility index (Phi) is 8.66. The Morgan fingerprint density at radius 1 is 1.16 bits per heavy atom. The molecule has 25 heavy (non-hydrogen) atoms. The summed E-state index contributed by atoms with van der Waals surface area (Å²) in [6.45, 7) is 1.97. The van der Waals surface area contributed by atoms with Gasteiger partial charge in [-0.1, -0.05) is 18.2 Å². The third-order valence-corrected chi connectivity index (χ3v) is 3.68. The highest BCUT2D eigenvalue weighted by atomic mass is 19.4. The van der Waals surface area contributed by atoms with Crippen molar-refractivity contribution in [3.05, 3.63) is 52.9 Å². The minimum Gasteiger partial charge on any atom is -0.489 e. The van der Waals surface area contributed by atoms with Gasteiger partial charge in [-0.15, -0.1) is 0 Å². The molecule has 0 atom stereocenters. The van der Waals surface area contributed by atoms with E-state index in [4.69, 9.17) is 4.74 Å². The SMILES string of the molecule is C/C(F)=C/COc1ccc(CC/C=C/CCCF)c(C)c1C(F)(F)F. The number of ether oxygens (including phenoxy) is 1. The lowest BCUT2D eigenvalue weighted by Gasteiger charge is -2.18. The maximum absolute atomic E-state index is 13.4. The van der Waals surface area contributed by atoms with Crippen LogP contribution in [-0.4, -0.2) is 13.3 Å². The maximum Gasteiger partial charge on any atom is 0.420 e. The summed E-state index contributed by atoms with van der Waals surface area (Å²) in [5, 5.41) is 0. The zero-order valence-corrected chi connectivity index (χ0v) is 14.4. The molecular weight excluding hydrogens is 339 g/mol. The van der Waals surface area contributed by atoms with Crippen LogP contribution in [0.2, 0.25) is 0 Å². The standard InChI is InChI=1S/C19H23F5O/c1-14(21)11-13-25-17-10-9-16(8-6-4-3-5-7-12-20)15(2)18(17)19(22,23)24/h3-4,9-11H,5-8,12-13H2,1-2H3/b4-3+,14-11-. The summed E-state index contributed by atoms with van der Waals surface area (Å²) in [5.41, 5.74) is -0.133. The Hall–Kier alpha value is -1.85. The molecule has 1 aromatic rings. The molecule has 0 N–H and O–H groups in total. The van der Waals surface area contributed by atoms with Crippen molar-refractivity contribution >= 4 is 0 Å². The molecule has 0 amide bonds. The molecule has 0 fully saturated rings. The average Bonchev–Trinajstić information content (AvgIpc) is 2.50. The van der Waals surface area contributed by atoms with Gasteiger partial charge in [0.2, 0.25) is 0 Å². The van der Waals surface area contributed by atoms with Crippen molar-refractivity contribution in [2.45, 2.75) is 45.7 Å². The lowest BCUT2D eigenvalue weighted by atomic mass is 9.97. The molecule has 1 nitrogen and oxygen atoms in total. The number of rotatable bonds is 9. The molecule has 1 rings (SSSR count). The smallest absolute Gasteiger partial charge is 0.420 e. The third-order valence-electron chi connectivity index (χ3n) is 3.68. The van der Waals surface area contributed by atoms with E-state index in [9.17, 15) is 22.0 Å². The number of alkyl halides is 4. The summed E-state index contributed by atoms with van der Waals surface area (Å²) in [5.74, 6) is -0.814. The van der Waals surface area contributed by atoms with Gasteiger partial charge in [0.05, 0.1) is 12.5 Å². The summed E-state index contributed by atoms with van der Waals surface area (Å²) in [6, 6.07) is 2.88. The molecule has 0 bridgehead atoms. The molecule has 0 heterocycles. The van der Waals surface area contributed by atoms with Crippen molar-refractivity contribution in [2.75, 3.05) is 13.3 Å². The molecule has 6 heteroatoms. The first-order chi connectivity index (χ1) is 11.8. The van der Waals surface area contributed by atoms with Crippen LogP contribution in [0.15, 0.2) is 36.2 Å². The van der Waals surface area contributed by atoms with Crippen molar-refractivity contribution in [3.63, 3.8) is 0 Å². The molecule has 140 valence electrons. The van der Waals surface area contributed by atoms with Crippen LogP contribution in [0.1, 0.15) is 42.9 Å². The van der Waals surface area contributed by atoms with E-state index in [1.54, 1.807) is 6.07 Å². The average molecular weight is 362 g/mol. The predicted octanol–water partition coefficient (Wildman–Crippen LogP) is 6.50. The Balaban J connectivity index is 2.91. The maximum atomic E-state index is 13.4. The number of hydrogen-bond donors (Lipinski definition) is 0. The van der Waals surface area contributed by atoms with E-state index < -0.39 is 17.6 Å². The summed E-state index contributed by atoms with van der Waals surface area (Å²) in [6.07, 6.45) is 2.31. The molecule has 0 spiro atoms. The molecule has 0 saturated heterocycles. The normalized spacial score (nSPS) is 12.8. The fourth-order valence-electron chi connectivity index (χ4n) is 2.39. The van der Waals surface area contributed by atoms with Crippen LogP contribution < -0.4 is 4.74 Å². The molecule has 0 aliphatic heterocycles. The van der Waals surface area contributed by atoms with Crippen molar-refractivity contribution in [3.8, 4) is 5.75 Å². The monoisotopic (exact) mass is 362 g/mol. The van der Waals surface area contributed by atoms with Crippen molar-refractivity contribution in [1.82, 2.24) is 0 Å². The van der Waals surface area contributed by atoms with Crippen LogP contribution in [-0.2, 0) is 12.6 Å². The molecule has 0 saturated carbocycles. The van der Waals surface area contributed by atoms with Crippen molar-refractivity contribution in [2.24, 2.45) is 0 Å². The van der Waals surface area contributed by atoms with Gasteiger partial charge < -0.3 is 4.74 Å². The van der Waals surface area contributed by atoms with E-state index in [0.29, 0.717) is 31.2 Å². The van der Waals surface area contributed by atoms with Gasteiger partial charge in [-0.3, -0.25) is 4.39 Å². The molecule has 0 aliphatic rings. The lowest BCUT2D eigenvalue weighted by Crippen LogP contribution is -2.13. The van der Waals surface area contributed by atoms with Crippen molar-refractivity contribution in [1.29, 1.82) is 0 Å². The second-order valence-electron chi connectivity index (χ2n) is 5.66. The van der Waals surface area contributed by atoms with Gasteiger partial charge in [0.25, 0.3) is 0 Å². The summed E-state index contributed by atoms with van der Waals surface area (Å²) >= 11 is 0. The van der Waals surface area contributed by atoms with Crippen LogP contribution in [0.3, 0.4) is 0 Å². The van der Waals surface area contributed by atoms with E-state index in [1.165, 1.54) is 19.9 Å². The first kappa shape index (κ1) is 21.2. The number of allylic oxidation sites excluding steroid dienone is 3. The Morgan fingerprint density at radius 3 is 2.44 bits per heavy atom. The molecule has 0 unspecified atom stereocenters. The fourth-order valence-corrected chi connectivity index (χ4v) is 2.39. The molecule has 0 radical (unpaired) electrons. The number of hydrogen-bond acceptors (Lipinski definition) is 1. The van der Waals surface area contributed by atoms with Crippen LogP contribution in [0, 0.1) is 6.92 Å². The van der Waals surface area contributed by atoms with Gasteiger partial charge in [-0.25, -0.2) is 4.39 Å². The van der Waals surface area contributed by atoms with Crippen LogP contribution in [0.25, 0.3) is 0 Å². The number of unbranched alkanes of at least 4 members (excludes halogenated alkanes) is 1. The Labute approximate surface area is 145 Å². The quantitative estimate of drug-likeness (QED) is 0.277. The molecule has 1 aromatic carbocycles. The number of benzene rings is 1. The van der Waals surface area contributed by atoms with Gasteiger partial charge in [0.15, 0.2) is 0 Å². The van der Waals surface area contributed by atoms with E-state index in [0.717, 1.165) is 6.08 Å². The fraction of sp³-hybridized carbons (Fsp3) is 0.474. The molecule has 0 aliphatic carbocycles. The highest BCUT2D eigenvalue weighted by Gasteiger charge is 2.37. The van der Waals surface area contributed by atoms with Gasteiger partial charge in [0, 0.05) is 0 Å². The van der Waals surface area contributed by atoms with Crippen molar-refractivity contribution < 1.29 is 26.7 Å². The number of aryl methyl sites for hydroxylation is 1. The Bertz CT molecular complexity index is 599. The van der Waals surface area contributed by atoms with E-state index in [1.807, 2.05) is 12.2 Å². The van der Waals surface area contributed by atoms with E-state index in [-0.39, 0.29) is 24.6 Å².